The average molecular weight is 417 g/mol. The Morgan fingerprint density at radius 3 is 2.45 bits per heavy atom. The van der Waals surface area contributed by atoms with E-state index in [2.05, 4.69) is 51.4 Å². The Kier molecular flexibility index (Phi) is 6.46. The highest BCUT2D eigenvalue weighted by Crippen LogP contribution is 2.26. The number of hydrogen-bond acceptors (Lipinski definition) is 5. The Morgan fingerprint density at radius 1 is 1.06 bits per heavy atom. The highest BCUT2D eigenvalue weighted by molar-refractivity contribution is 5.92. The number of hydrogen-bond donors (Lipinski definition) is 1. The molecule has 2 aromatic carbocycles. The molecule has 0 unspecified atom stereocenters. The van der Waals surface area contributed by atoms with Gasteiger partial charge >= 0.3 is 0 Å². The number of carbonyl (C=O) groups excluding carboxylic acids is 1. The molecule has 0 atom stereocenters. The van der Waals surface area contributed by atoms with Gasteiger partial charge in [-0.05, 0) is 51.0 Å². The Morgan fingerprint density at radius 2 is 1.77 bits per heavy atom. The van der Waals surface area contributed by atoms with Gasteiger partial charge in [0.05, 0.1) is 12.3 Å². The molecule has 1 saturated heterocycles. The molecule has 6 heteroatoms. The number of amides is 1. The molecule has 6 nitrogen and oxygen atoms in total. The molecule has 1 aromatic heterocycles. The molecule has 160 valence electrons. The number of ether oxygens (including phenoxy) is 1. The summed E-state index contributed by atoms with van der Waals surface area (Å²) in [4.78, 5) is 23.8. The first kappa shape index (κ1) is 20.8. The van der Waals surface area contributed by atoms with E-state index in [1.54, 1.807) is 6.33 Å². The topological polar surface area (TPSA) is 67.3 Å². The van der Waals surface area contributed by atoms with Crippen LogP contribution >= 0.6 is 0 Å². The minimum atomic E-state index is 0.00113. The number of aryl methyl sites for hydroxylation is 1. The summed E-state index contributed by atoms with van der Waals surface area (Å²) < 4.78 is 5.45. The van der Waals surface area contributed by atoms with Gasteiger partial charge in [0, 0.05) is 36.3 Å². The van der Waals surface area contributed by atoms with Crippen LogP contribution in [0.25, 0.3) is 11.3 Å². The maximum Gasteiger partial charge on any atom is 0.227 e. The van der Waals surface area contributed by atoms with Crippen LogP contribution in [0.4, 0.5) is 11.5 Å². The van der Waals surface area contributed by atoms with Crippen molar-refractivity contribution in [3.8, 4) is 17.0 Å². The molecule has 0 bridgehead atoms. The molecule has 0 saturated carbocycles. The summed E-state index contributed by atoms with van der Waals surface area (Å²) in [6.45, 7) is 6.25. The first-order valence-corrected chi connectivity index (χ1v) is 10.8. The molecule has 2 heterocycles. The molecule has 1 aliphatic heterocycles. The molecule has 1 amide bonds. The average Bonchev–Trinajstić information content (AvgIpc) is 2.81. The van der Waals surface area contributed by atoms with Gasteiger partial charge in [-0.3, -0.25) is 4.79 Å². The van der Waals surface area contributed by atoms with Gasteiger partial charge in [0.25, 0.3) is 0 Å². The lowest BCUT2D eigenvalue weighted by molar-refractivity contribution is -0.120. The van der Waals surface area contributed by atoms with Gasteiger partial charge in [0.1, 0.15) is 17.9 Å². The van der Waals surface area contributed by atoms with Crippen molar-refractivity contribution >= 4 is 17.4 Å². The van der Waals surface area contributed by atoms with Crippen molar-refractivity contribution in [2.24, 2.45) is 5.92 Å². The summed E-state index contributed by atoms with van der Waals surface area (Å²) in [5, 5.41) is 3.03. The van der Waals surface area contributed by atoms with Crippen molar-refractivity contribution in [3.63, 3.8) is 0 Å². The van der Waals surface area contributed by atoms with E-state index in [1.165, 1.54) is 5.56 Å². The number of aromatic nitrogens is 2. The van der Waals surface area contributed by atoms with Crippen LogP contribution in [0.2, 0.25) is 0 Å². The maximum absolute atomic E-state index is 12.7. The van der Waals surface area contributed by atoms with Crippen molar-refractivity contribution in [3.05, 3.63) is 66.5 Å². The van der Waals surface area contributed by atoms with Crippen LogP contribution < -0.4 is 15.0 Å². The standard InChI is InChI=1S/C25H28N4O2/c1-3-31-22-10-8-21(9-11-22)28-25(30)20-12-14-29(15-13-20)24-16-23(26-17-27-24)19-6-4-18(2)5-7-19/h4-11,16-17,20H,3,12-15H2,1-2H3,(H,28,30). The molecular formula is C25H28N4O2. The van der Waals surface area contributed by atoms with E-state index < -0.39 is 0 Å². The Balaban J connectivity index is 1.34. The monoisotopic (exact) mass is 416 g/mol. The summed E-state index contributed by atoms with van der Waals surface area (Å²) in [5.74, 6) is 1.80. The minimum Gasteiger partial charge on any atom is -0.494 e. The largest absolute Gasteiger partial charge is 0.494 e. The number of rotatable bonds is 6. The van der Waals surface area contributed by atoms with Crippen LogP contribution in [0.3, 0.4) is 0 Å². The second-order valence-corrected chi connectivity index (χ2v) is 7.84. The summed E-state index contributed by atoms with van der Waals surface area (Å²) in [6.07, 6.45) is 3.22. The molecule has 4 rings (SSSR count). The van der Waals surface area contributed by atoms with Crippen LogP contribution in [0.5, 0.6) is 5.75 Å². The van der Waals surface area contributed by atoms with E-state index in [-0.39, 0.29) is 11.8 Å². The highest BCUT2D eigenvalue weighted by Gasteiger charge is 2.26. The van der Waals surface area contributed by atoms with Gasteiger partial charge in [-0.1, -0.05) is 29.8 Å². The summed E-state index contributed by atoms with van der Waals surface area (Å²) in [5.41, 5.74) is 4.03. The second kappa shape index (κ2) is 9.60. The normalized spacial score (nSPS) is 14.3. The van der Waals surface area contributed by atoms with Crippen molar-refractivity contribution in [2.45, 2.75) is 26.7 Å². The number of piperidine rings is 1. The molecule has 1 fully saturated rings. The molecule has 0 aliphatic carbocycles. The smallest absolute Gasteiger partial charge is 0.227 e. The summed E-state index contributed by atoms with van der Waals surface area (Å²) >= 11 is 0. The number of carbonyl (C=O) groups is 1. The van der Waals surface area contributed by atoms with Crippen LogP contribution in [0.1, 0.15) is 25.3 Å². The SMILES string of the molecule is CCOc1ccc(NC(=O)C2CCN(c3cc(-c4ccc(C)cc4)ncn3)CC2)cc1. The highest BCUT2D eigenvalue weighted by atomic mass is 16.5. The van der Waals surface area contributed by atoms with Crippen molar-refractivity contribution in [1.82, 2.24) is 9.97 Å². The lowest BCUT2D eigenvalue weighted by Crippen LogP contribution is -2.38. The van der Waals surface area contributed by atoms with E-state index in [0.717, 1.165) is 54.4 Å². The van der Waals surface area contributed by atoms with E-state index >= 15 is 0 Å². The molecule has 3 aromatic rings. The fourth-order valence-electron chi connectivity index (χ4n) is 3.82. The number of anilines is 2. The van der Waals surface area contributed by atoms with Crippen LogP contribution in [0, 0.1) is 12.8 Å². The Labute approximate surface area is 183 Å². The van der Waals surface area contributed by atoms with Gasteiger partial charge in [-0.15, -0.1) is 0 Å². The van der Waals surface area contributed by atoms with Gasteiger partial charge in [0.2, 0.25) is 5.91 Å². The molecular weight excluding hydrogens is 388 g/mol. The van der Waals surface area contributed by atoms with Gasteiger partial charge in [0.15, 0.2) is 0 Å². The molecule has 1 aliphatic rings. The van der Waals surface area contributed by atoms with Crippen LogP contribution in [0.15, 0.2) is 60.9 Å². The number of benzene rings is 2. The van der Waals surface area contributed by atoms with Gasteiger partial charge in [-0.25, -0.2) is 9.97 Å². The predicted molar refractivity (Wildman–Crippen MR) is 123 cm³/mol. The zero-order valence-electron chi connectivity index (χ0n) is 18.0. The van der Waals surface area contributed by atoms with Crippen LogP contribution in [-0.2, 0) is 4.79 Å². The van der Waals surface area contributed by atoms with E-state index in [4.69, 9.17) is 4.74 Å². The number of nitrogens with zero attached hydrogens (tertiary/aromatic N) is 3. The van der Waals surface area contributed by atoms with Gasteiger partial charge in [-0.2, -0.15) is 0 Å². The third-order valence-electron chi connectivity index (χ3n) is 5.62. The fourth-order valence-corrected chi connectivity index (χ4v) is 3.82. The maximum atomic E-state index is 12.7. The minimum absolute atomic E-state index is 0.00113. The lowest BCUT2D eigenvalue weighted by Gasteiger charge is -2.32. The number of nitrogens with one attached hydrogen (secondary N) is 1. The molecule has 0 radical (unpaired) electrons. The van der Waals surface area contributed by atoms with E-state index in [0.29, 0.717) is 6.61 Å². The third-order valence-corrected chi connectivity index (χ3v) is 5.62. The zero-order chi connectivity index (χ0) is 21.6. The zero-order valence-corrected chi connectivity index (χ0v) is 18.0. The second-order valence-electron chi connectivity index (χ2n) is 7.84. The Bertz CT molecular complexity index is 1010. The first-order valence-electron chi connectivity index (χ1n) is 10.8. The van der Waals surface area contributed by atoms with E-state index in [9.17, 15) is 4.79 Å². The first-order chi connectivity index (χ1) is 15.1. The Hall–Kier alpha value is -3.41. The fraction of sp³-hybridized carbons (Fsp3) is 0.320. The predicted octanol–water partition coefficient (Wildman–Crippen LogP) is 4.71. The quantitative estimate of drug-likeness (QED) is 0.631. The molecule has 31 heavy (non-hydrogen) atoms. The summed E-state index contributed by atoms with van der Waals surface area (Å²) in [6, 6.07) is 17.9. The van der Waals surface area contributed by atoms with Crippen molar-refractivity contribution in [2.75, 3.05) is 29.9 Å². The third kappa shape index (κ3) is 5.20. The van der Waals surface area contributed by atoms with Gasteiger partial charge < -0.3 is 15.0 Å². The van der Waals surface area contributed by atoms with Crippen molar-refractivity contribution in [1.29, 1.82) is 0 Å². The van der Waals surface area contributed by atoms with Crippen molar-refractivity contribution < 1.29 is 9.53 Å². The summed E-state index contributed by atoms with van der Waals surface area (Å²) in [7, 11) is 0. The van der Waals surface area contributed by atoms with Crippen LogP contribution in [-0.4, -0.2) is 35.6 Å². The molecule has 1 N–H and O–H groups in total. The lowest BCUT2D eigenvalue weighted by atomic mass is 9.95. The van der Waals surface area contributed by atoms with E-state index in [1.807, 2.05) is 37.3 Å². The molecule has 0 spiro atoms.